The zero-order chi connectivity index (χ0) is 21.4. The fourth-order valence-corrected chi connectivity index (χ4v) is 4.30. The highest BCUT2D eigenvalue weighted by atomic mass is 35.5. The van der Waals surface area contributed by atoms with Gasteiger partial charge in [-0.2, -0.15) is 0 Å². The number of carbonyl (C=O) groups excluding carboxylic acids is 2. The number of hydrogen-bond acceptors (Lipinski definition) is 4. The molecule has 0 aliphatic carbocycles. The molecule has 0 saturated heterocycles. The van der Waals surface area contributed by atoms with Crippen LogP contribution in [0.4, 0.5) is 4.79 Å². The Bertz CT molecular complexity index is 973. The highest BCUT2D eigenvalue weighted by Crippen LogP contribution is 2.18. The molecule has 0 aromatic heterocycles. The van der Waals surface area contributed by atoms with Crippen LogP contribution in [0.1, 0.15) is 25.8 Å². The lowest BCUT2D eigenvalue weighted by atomic mass is 10.0. The van der Waals surface area contributed by atoms with Gasteiger partial charge < -0.3 is 11.1 Å². The van der Waals surface area contributed by atoms with Crippen molar-refractivity contribution in [2.75, 3.05) is 0 Å². The first-order valence-corrected chi connectivity index (χ1v) is 11.0. The molecule has 0 aliphatic rings. The number of hydrogen-bond donors (Lipinski definition) is 3. The Kier molecular flexibility index (Phi) is 8.19. The van der Waals surface area contributed by atoms with Gasteiger partial charge in [0.25, 0.3) is 5.91 Å². The Labute approximate surface area is 176 Å². The standard InChI is InChI=1S/C20H25ClN4O3S/c1-14(2)11-18(22)19(26)24-29(28,17-10-6-9-16(21)12-17)25-20(27)23-13-15-7-4-3-5-8-15/h3-10,12,14,18H,11,13,22H2,1-2H3,(H2,23,24,25,26,27,28)/t18-,29?/m0/s1. The maximum Gasteiger partial charge on any atom is 0.327 e. The van der Waals surface area contributed by atoms with Crippen LogP contribution in [0.5, 0.6) is 0 Å². The molecule has 2 atom stereocenters. The van der Waals surface area contributed by atoms with Gasteiger partial charge in [-0.25, -0.2) is 13.7 Å². The topological polar surface area (TPSA) is 114 Å². The van der Waals surface area contributed by atoms with Crippen molar-refractivity contribution in [2.45, 2.75) is 37.8 Å². The van der Waals surface area contributed by atoms with E-state index in [-0.39, 0.29) is 17.4 Å². The second kappa shape index (κ2) is 10.4. The van der Waals surface area contributed by atoms with E-state index in [1.807, 2.05) is 44.2 Å². The van der Waals surface area contributed by atoms with Crippen LogP contribution >= 0.6 is 11.6 Å². The van der Waals surface area contributed by atoms with E-state index < -0.39 is 27.9 Å². The molecule has 0 radical (unpaired) electrons. The van der Waals surface area contributed by atoms with Crippen molar-refractivity contribution in [3.8, 4) is 0 Å². The van der Waals surface area contributed by atoms with Crippen LogP contribution in [0, 0.1) is 5.92 Å². The van der Waals surface area contributed by atoms with Crippen molar-refractivity contribution in [3.63, 3.8) is 0 Å². The van der Waals surface area contributed by atoms with Crippen LogP contribution in [0.2, 0.25) is 5.02 Å². The fraction of sp³-hybridized carbons (Fsp3) is 0.300. The van der Waals surface area contributed by atoms with Gasteiger partial charge in [0.1, 0.15) is 0 Å². The third-order valence-electron chi connectivity index (χ3n) is 3.90. The average molecular weight is 437 g/mol. The molecule has 0 bridgehead atoms. The molecule has 2 aromatic carbocycles. The van der Waals surface area contributed by atoms with Crippen molar-refractivity contribution >= 4 is 33.5 Å². The van der Waals surface area contributed by atoms with Crippen molar-refractivity contribution in [1.29, 1.82) is 0 Å². The number of carbonyl (C=O) groups is 2. The summed E-state index contributed by atoms with van der Waals surface area (Å²) in [7, 11) is -3.62. The molecule has 7 nitrogen and oxygen atoms in total. The van der Waals surface area contributed by atoms with Crippen LogP contribution in [0.3, 0.4) is 0 Å². The van der Waals surface area contributed by atoms with Gasteiger partial charge in [-0.05, 0) is 36.1 Å². The van der Waals surface area contributed by atoms with Crippen LogP contribution < -0.4 is 15.8 Å². The fourth-order valence-electron chi connectivity index (χ4n) is 2.52. The number of urea groups is 1. The molecule has 0 aliphatic heterocycles. The number of nitrogens with zero attached hydrogens (tertiary/aromatic N) is 1. The summed E-state index contributed by atoms with van der Waals surface area (Å²) in [6.45, 7) is 4.05. The Hall–Kier alpha value is -2.42. The number of halogens is 1. The third kappa shape index (κ3) is 7.16. The van der Waals surface area contributed by atoms with Gasteiger partial charge in [0.05, 0.1) is 10.9 Å². The van der Waals surface area contributed by atoms with E-state index in [2.05, 4.69) is 14.4 Å². The highest BCUT2D eigenvalue weighted by molar-refractivity contribution is 7.92. The number of amides is 3. The summed E-state index contributed by atoms with van der Waals surface area (Å²) >= 11 is 5.99. The lowest BCUT2D eigenvalue weighted by Crippen LogP contribution is -2.40. The van der Waals surface area contributed by atoms with E-state index in [4.69, 9.17) is 17.3 Å². The minimum atomic E-state index is -3.62. The predicted molar refractivity (Wildman–Crippen MR) is 115 cm³/mol. The first-order chi connectivity index (χ1) is 13.7. The number of rotatable bonds is 7. The molecular weight excluding hydrogens is 412 g/mol. The predicted octanol–water partition coefficient (Wildman–Crippen LogP) is 3.48. The Morgan fingerprint density at radius 3 is 2.45 bits per heavy atom. The van der Waals surface area contributed by atoms with Crippen LogP contribution in [0.25, 0.3) is 0 Å². The second-order valence-electron chi connectivity index (χ2n) is 6.92. The van der Waals surface area contributed by atoms with Crippen LogP contribution in [-0.4, -0.2) is 22.2 Å². The summed E-state index contributed by atoms with van der Waals surface area (Å²) in [5, 5.41) is 2.91. The smallest absolute Gasteiger partial charge is 0.327 e. The van der Waals surface area contributed by atoms with E-state index in [1.165, 1.54) is 12.1 Å². The van der Waals surface area contributed by atoms with E-state index in [0.29, 0.717) is 11.4 Å². The van der Waals surface area contributed by atoms with Gasteiger partial charge in [0.15, 0.2) is 9.92 Å². The van der Waals surface area contributed by atoms with Gasteiger partial charge in [-0.1, -0.05) is 61.8 Å². The first kappa shape index (κ1) is 22.9. The minimum Gasteiger partial charge on any atom is -0.333 e. The summed E-state index contributed by atoms with van der Waals surface area (Å²) in [6, 6.07) is 13.6. The monoisotopic (exact) mass is 436 g/mol. The largest absolute Gasteiger partial charge is 0.333 e. The molecule has 3 amide bonds. The van der Waals surface area contributed by atoms with E-state index >= 15 is 0 Å². The van der Waals surface area contributed by atoms with Crippen LogP contribution in [-0.2, 0) is 21.3 Å². The third-order valence-corrected chi connectivity index (χ3v) is 5.93. The molecular formula is C20H25ClN4O3S. The Morgan fingerprint density at radius 2 is 1.83 bits per heavy atom. The molecule has 2 rings (SSSR count). The van der Waals surface area contributed by atoms with Gasteiger partial charge >= 0.3 is 6.03 Å². The molecule has 4 N–H and O–H groups in total. The van der Waals surface area contributed by atoms with E-state index in [1.54, 1.807) is 12.1 Å². The molecule has 0 heterocycles. The molecule has 2 aromatic rings. The number of benzene rings is 2. The van der Waals surface area contributed by atoms with Crippen LogP contribution in [0.15, 0.2) is 63.9 Å². The summed E-state index contributed by atoms with van der Waals surface area (Å²) in [5.41, 5.74) is 6.74. The van der Waals surface area contributed by atoms with Gasteiger partial charge in [-0.3, -0.25) is 4.79 Å². The molecule has 29 heavy (non-hydrogen) atoms. The first-order valence-electron chi connectivity index (χ1n) is 9.11. The zero-order valence-electron chi connectivity index (χ0n) is 16.3. The lowest BCUT2D eigenvalue weighted by molar-refractivity contribution is -0.119. The minimum absolute atomic E-state index is 0.116. The van der Waals surface area contributed by atoms with Gasteiger partial charge in [-0.15, -0.1) is 4.36 Å². The van der Waals surface area contributed by atoms with E-state index in [0.717, 1.165) is 5.56 Å². The Morgan fingerprint density at radius 1 is 1.14 bits per heavy atom. The SMILES string of the molecule is CC(C)C[C@H](N)C(=O)N=S(=O)(NC(=O)NCc1ccccc1)c1cccc(Cl)c1. The number of nitrogens with one attached hydrogen (secondary N) is 2. The summed E-state index contributed by atoms with van der Waals surface area (Å²) in [6.07, 6.45) is 0.383. The molecule has 0 fully saturated rings. The summed E-state index contributed by atoms with van der Waals surface area (Å²) in [5.74, 6) is -0.583. The maximum absolute atomic E-state index is 13.5. The Balaban J connectivity index is 2.27. The van der Waals surface area contributed by atoms with Gasteiger partial charge in [0, 0.05) is 11.6 Å². The number of nitrogens with two attached hydrogens (primary N) is 1. The maximum atomic E-state index is 13.5. The quantitative estimate of drug-likeness (QED) is 0.616. The molecule has 9 heteroatoms. The average Bonchev–Trinajstić information content (AvgIpc) is 2.66. The summed E-state index contributed by atoms with van der Waals surface area (Å²) < 4.78 is 19.6. The lowest BCUT2D eigenvalue weighted by Gasteiger charge is -2.15. The van der Waals surface area contributed by atoms with Crippen molar-refractivity contribution in [3.05, 3.63) is 65.2 Å². The van der Waals surface area contributed by atoms with Gasteiger partial charge in [0.2, 0.25) is 0 Å². The normalized spacial score (nSPS) is 14.0. The van der Waals surface area contributed by atoms with E-state index in [9.17, 15) is 13.8 Å². The highest BCUT2D eigenvalue weighted by Gasteiger charge is 2.22. The second-order valence-corrected chi connectivity index (χ2v) is 9.27. The molecule has 0 saturated carbocycles. The summed E-state index contributed by atoms with van der Waals surface area (Å²) in [4.78, 5) is 24.9. The molecule has 1 unspecified atom stereocenters. The zero-order valence-corrected chi connectivity index (χ0v) is 17.9. The molecule has 0 spiro atoms. The van der Waals surface area contributed by atoms with Crippen molar-refractivity contribution < 1.29 is 13.8 Å². The van der Waals surface area contributed by atoms with Crippen molar-refractivity contribution in [1.82, 2.24) is 10.0 Å². The van der Waals surface area contributed by atoms with Crippen molar-refractivity contribution in [2.24, 2.45) is 16.0 Å². The molecule has 156 valence electrons.